The van der Waals surface area contributed by atoms with Crippen LogP contribution >= 0.6 is 27.3 Å². The van der Waals surface area contributed by atoms with Gasteiger partial charge in [0, 0.05) is 6.54 Å². The van der Waals surface area contributed by atoms with Crippen molar-refractivity contribution in [2.45, 2.75) is 13.5 Å². The Balaban J connectivity index is 2.02. The monoisotopic (exact) mass is 337 g/mol. The van der Waals surface area contributed by atoms with E-state index in [9.17, 15) is 0 Å². The van der Waals surface area contributed by atoms with Crippen molar-refractivity contribution in [3.8, 4) is 0 Å². The Morgan fingerprint density at radius 1 is 1.42 bits per heavy atom. The van der Waals surface area contributed by atoms with E-state index in [1.807, 2.05) is 12.1 Å². The van der Waals surface area contributed by atoms with Crippen molar-refractivity contribution in [2.75, 3.05) is 5.32 Å². The first-order valence-corrected chi connectivity index (χ1v) is 7.41. The summed E-state index contributed by atoms with van der Waals surface area (Å²) in [6.07, 6.45) is 0. The lowest BCUT2D eigenvalue weighted by Gasteiger charge is -2.04. The minimum Gasteiger partial charge on any atom is -0.330 e. The molecule has 0 fully saturated rings. The van der Waals surface area contributed by atoms with Crippen LogP contribution in [-0.2, 0) is 6.54 Å². The van der Waals surface area contributed by atoms with Gasteiger partial charge < -0.3 is 11.1 Å². The number of nitrogens with one attached hydrogen (secondary N) is 1. The van der Waals surface area contributed by atoms with E-state index < -0.39 is 0 Å². The van der Waals surface area contributed by atoms with Crippen LogP contribution in [0.1, 0.15) is 11.3 Å². The summed E-state index contributed by atoms with van der Waals surface area (Å²) in [5.74, 6) is 0.778. The lowest BCUT2D eigenvalue weighted by Crippen LogP contribution is -1.99. The van der Waals surface area contributed by atoms with E-state index in [2.05, 4.69) is 49.7 Å². The zero-order valence-corrected chi connectivity index (χ0v) is 12.6. The number of hydrogen-bond acceptors (Lipinski definition) is 5. The molecule has 0 spiro atoms. The van der Waals surface area contributed by atoms with Gasteiger partial charge in [-0.3, -0.25) is 0 Å². The van der Waals surface area contributed by atoms with E-state index in [4.69, 9.17) is 5.73 Å². The van der Waals surface area contributed by atoms with E-state index in [1.54, 1.807) is 15.9 Å². The van der Waals surface area contributed by atoms with Crippen LogP contribution in [-0.4, -0.2) is 14.6 Å². The second-order valence-corrected chi connectivity index (χ2v) is 5.77. The maximum absolute atomic E-state index is 5.63. The van der Waals surface area contributed by atoms with Gasteiger partial charge >= 0.3 is 0 Å². The number of rotatable bonds is 3. The fourth-order valence-corrected chi connectivity index (χ4v) is 3.10. The van der Waals surface area contributed by atoms with Crippen molar-refractivity contribution >= 4 is 43.7 Å². The van der Waals surface area contributed by atoms with Crippen molar-refractivity contribution in [3.63, 3.8) is 0 Å². The summed E-state index contributed by atoms with van der Waals surface area (Å²) in [5, 5.41) is 11.0. The quantitative estimate of drug-likeness (QED) is 0.770. The van der Waals surface area contributed by atoms with Crippen LogP contribution in [0.15, 0.2) is 28.2 Å². The lowest BCUT2D eigenvalue weighted by atomic mass is 10.3. The standard InChI is InChI=1S/C12H12BrN5S/c1-7-4-5-19-12(7)16-9-2-3-10-15-8(6-14)11(13)18(10)17-9/h2-5H,6,14H2,1H3,(H,16,17). The maximum Gasteiger partial charge on any atom is 0.155 e. The molecular formula is C12H12BrN5S. The third-order valence-corrected chi connectivity index (χ3v) is 4.51. The molecule has 3 heterocycles. The number of thiophene rings is 1. The molecule has 0 saturated carbocycles. The number of nitrogens with two attached hydrogens (primary N) is 1. The van der Waals surface area contributed by atoms with Crippen molar-refractivity contribution in [1.82, 2.24) is 14.6 Å². The fraction of sp³-hybridized carbons (Fsp3) is 0.167. The zero-order valence-electron chi connectivity index (χ0n) is 10.2. The first-order valence-electron chi connectivity index (χ1n) is 5.74. The Morgan fingerprint density at radius 2 is 2.26 bits per heavy atom. The van der Waals surface area contributed by atoms with Crippen molar-refractivity contribution in [2.24, 2.45) is 5.73 Å². The molecule has 19 heavy (non-hydrogen) atoms. The first-order chi connectivity index (χ1) is 9.19. The molecule has 7 heteroatoms. The predicted molar refractivity (Wildman–Crippen MR) is 80.9 cm³/mol. The molecule has 3 aromatic rings. The second-order valence-electron chi connectivity index (χ2n) is 4.10. The second kappa shape index (κ2) is 4.92. The first kappa shape index (κ1) is 12.6. The van der Waals surface area contributed by atoms with E-state index in [0.717, 1.165) is 26.8 Å². The van der Waals surface area contributed by atoms with E-state index in [-0.39, 0.29) is 0 Å². The zero-order chi connectivity index (χ0) is 13.4. The minimum atomic E-state index is 0.386. The van der Waals surface area contributed by atoms with Gasteiger partial charge in [-0.05, 0) is 52.0 Å². The lowest BCUT2D eigenvalue weighted by molar-refractivity contribution is 0.909. The molecule has 0 saturated heterocycles. The Morgan fingerprint density at radius 3 is 2.95 bits per heavy atom. The third kappa shape index (κ3) is 2.24. The molecule has 0 atom stereocenters. The average Bonchev–Trinajstić information content (AvgIpc) is 2.95. The number of anilines is 2. The molecule has 0 aliphatic carbocycles. The van der Waals surface area contributed by atoms with Crippen molar-refractivity contribution in [1.29, 1.82) is 0 Å². The van der Waals surface area contributed by atoms with Gasteiger partial charge in [0.25, 0.3) is 0 Å². The molecule has 3 rings (SSSR count). The Bertz CT molecular complexity index is 733. The Hall–Kier alpha value is -1.44. The third-order valence-electron chi connectivity index (χ3n) is 2.79. The van der Waals surface area contributed by atoms with Gasteiger partial charge in [-0.2, -0.15) is 0 Å². The number of imidazole rings is 1. The number of aromatic nitrogens is 3. The van der Waals surface area contributed by atoms with Gasteiger partial charge in [-0.15, -0.1) is 16.4 Å². The van der Waals surface area contributed by atoms with Crippen molar-refractivity contribution < 1.29 is 0 Å². The van der Waals surface area contributed by atoms with Crippen LogP contribution in [0.2, 0.25) is 0 Å². The summed E-state index contributed by atoms with van der Waals surface area (Å²) in [7, 11) is 0. The van der Waals surface area contributed by atoms with Crippen LogP contribution in [0, 0.1) is 6.92 Å². The number of fused-ring (bicyclic) bond motifs is 1. The maximum atomic E-state index is 5.63. The SMILES string of the molecule is Cc1ccsc1Nc1ccc2nc(CN)c(Br)n2n1. The molecule has 0 aliphatic heterocycles. The predicted octanol–water partition coefficient (Wildman–Crippen LogP) is 3.06. The van der Waals surface area contributed by atoms with E-state index >= 15 is 0 Å². The van der Waals surface area contributed by atoms with Crippen LogP contribution in [0.5, 0.6) is 0 Å². The highest BCUT2D eigenvalue weighted by atomic mass is 79.9. The van der Waals surface area contributed by atoms with Crippen LogP contribution in [0.4, 0.5) is 10.8 Å². The molecule has 0 bridgehead atoms. The summed E-state index contributed by atoms with van der Waals surface area (Å²) >= 11 is 5.13. The molecule has 5 nitrogen and oxygen atoms in total. The van der Waals surface area contributed by atoms with Crippen molar-refractivity contribution in [3.05, 3.63) is 39.4 Å². The molecular weight excluding hydrogens is 326 g/mol. The fourth-order valence-electron chi connectivity index (χ4n) is 1.77. The van der Waals surface area contributed by atoms with Gasteiger partial charge in [0.1, 0.15) is 4.60 Å². The number of halogens is 1. The van der Waals surface area contributed by atoms with Gasteiger partial charge in [-0.25, -0.2) is 9.50 Å². The van der Waals surface area contributed by atoms with Gasteiger partial charge in [0.15, 0.2) is 11.5 Å². The Labute approximate surface area is 122 Å². The largest absolute Gasteiger partial charge is 0.330 e. The van der Waals surface area contributed by atoms with Gasteiger partial charge in [0.2, 0.25) is 0 Å². The van der Waals surface area contributed by atoms with E-state index in [0.29, 0.717) is 6.54 Å². The van der Waals surface area contributed by atoms with Crippen LogP contribution in [0.3, 0.4) is 0 Å². The molecule has 98 valence electrons. The number of hydrogen-bond donors (Lipinski definition) is 2. The van der Waals surface area contributed by atoms with Gasteiger partial charge in [-0.1, -0.05) is 0 Å². The topological polar surface area (TPSA) is 68.2 Å². The summed E-state index contributed by atoms with van der Waals surface area (Å²) in [4.78, 5) is 4.39. The normalized spacial score (nSPS) is 11.1. The van der Waals surface area contributed by atoms with Crippen LogP contribution < -0.4 is 11.1 Å². The van der Waals surface area contributed by atoms with E-state index in [1.165, 1.54) is 5.56 Å². The molecule has 3 N–H and O–H groups in total. The van der Waals surface area contributed by atoms with Crippen LogP contribution in [0.25, 0.3) is 5.65 Å². The summed E-state index contributed by atoms with van der Waals surface area (Å²) in [6, 6.07) is 5.90. The number of aryl methyl sites for hydroxylation is 1. The molecule has 0 aromatic carbocycles. The highest BCUT2D eigenvalue weighted by Crippen LogP contribution is 2.26. The summed E-state index contributed by atoms with van der Waals surface area (Å²) < 4.78 is 2.55. The van der Waals surface area contributed by atoms with Gasteiger partial charge in [0.05, 0.1) is 10.7 Å². The minimum absolute atomic E-state index is 0.386. The molecule has 0 amide bonds. The Kier molecular flexibility index (Phi) is 3.26. The smallest absolute Gasteiger partial charge is 0.155 e. The average molecular weight is 338 g/mol. The highest BCUT2D eigenvalue weighted by Gasteiger charge is 2.10. The summed E-state index contributed by atoms with van der Waals surface area (Å²) in [5.41, 5.74) is 8.42. The molecule has 0 aliphatic rings. The summed E-state index contributed by atoms with van der Waals surface area (Å²) in [6.45, 7) is 2.45. The number of nitrogens with zero attached hydrogens (tertiary/aromatic N) is 3. The molecule has 0 unspecified atom stereocenters. The molecule has 0 radical (unpaired) electrons. The molecule has 3 aromatic heterocycles. The highest BCUT2D eigenvalue weighted by molar-refractivity contribution is 9.10.